The van der Waals surface area contributed by atoms with Crippen LogP contribution >= 0.6 is 0 Å². The second-order valence-electron chi connectivity index (χ2n) is 4.49. The Balaban J connectivity index is 3.12. The molecule has 1 rings (SSSR count). The second kappa shape index (κ2) is 6.90. The molecule has 0 saturated heterocycles. The van der Waals surface area contributed by atoms with E-state index < -0.39 is 5.41 Å². The van der Waals surface area contributed by atoms with Gasteiger partial charge in [0.15, 0.2) is 0 Å². The highest BCUT2D eigenvalue weighted by atomic mass is 16.5. The molecule has 102 valence electrons. The molecule has 0 saturated carbocycles. The molecule has 3 heteroatoms. The lowest BCUT2D eigenvalue weighted by molar-refractivity contribution is 0.0600. The summed E-state index contributed by atoms with van der Waals surface area (Å²) >= 11 is 0. The Kier molecular flexibility index (Phi) is 5.52. The molecule has 0 radical (unpaired) electrons. The van der Waals surface area contributed by atoms with E-state index in [9.17, 15) is 9.90 Å². The Morgan fingerprint density at radius 3 is 2.16 bits per heavy atom. The zero-order valence-electron chi connectivity index (χ0n) is 11.3. The smallest absolute Gasteiger partial charge is 0.337 e. The highest BCUT2D eigenvalue weighted by molar-refractivity contribution is 5.89. The molecule has 0 aliphatic heterocycles. The van der Waals surface area contributed by atoms with E-state index in [-0.39, 0.29) is 12.6 Å². The van der Waals surface area contributed by atoms with Crippen molar-refractivity contribution in [1.82, 2.24) is 0 Å². The Morgan fingerprint density at radius 2 is 1.79 bits per heavy atom. The summed E-state index contributed by atoms with van der Waals surface area (Å²) in [5, 5.41) is 9.73. The lowest BCUT2D eigenvalue weighted by atomic mass is 9.75. The van der Waals surface area contributed by atoms with Crippen LogP contribution in [0.25, 0.3) is 0 Å². The van der Waals surface area contributed by atoms with Gasteiger partial charge in [-0.05, 0) is 30.5 Å². The highest BCUT2D eigenvalue weighted by Crippen LogP contribution is 2.32. The molecule has 0 fully saturated rings. The van der Waals surface area contributed by atoms with Crippen molar-refractivity contribution in [3.63, 3.8) is 0 Å². The van der Waals surface area contributed by atoms with E-state index in [2.05, 4.69) is 17.9 Å². The van der Waals surface area contributed by atoms with E-state index >= 15 is 0 Å². The number of ether oxygens (including phenoxy) is 1. The first-order valence-electron chi connectivity index (χ1n) is 6.15. The van der Waals surface area contributed by atoms with Gasteiger partial charge in [0.1, 0.15) is 0 Å². The minimum absolute atomic E-state index is 0.00259. The number of hydrogen-bond donors (Lipinski definition) is 1. The fourth-order valence-electron chi connectivity index (χ4n) is 2.17. The molecule has 1 aromatic rings. The van der Waals surface area contributed by atoms with Crippen LogP contribution < -0.4 is 0 Å². The van der Waals surface area contributed by atoms with Gasteiger partial charge in [-0.1, -0.05) is 24.3 Å². The maximum atomic E-state index is 11.4. The highest BCUT2D eigenvalue weighted by Gasteiger charge is 2.29. The molecule has 3 nitrogen and oxygen atoms in total. The molecule has 0 aliphatic rings. The van der Waals surface area contributed by atoms with Crippen molar-refractivity contribution in [3.05, 3.63) is 60.7 Å². The molecule has 0 atom stereocenters. The van der Waals surface area contributed by atoms with E-state index in [4.69, 9.17) is 0 Å². The second-order valence-corrected chi connectivity index (χ2v) is 4.49. The lowest BCUT2D eigenvalue weighted by Crippen LogP contribution is -2.29. The molecular formula is C16H20O3. The van der Waals surface area contributed by atoms with E-state index in [0.717, 1.165) is 5.56 Å². The van der Waals surface area contributed by atoms with E-state index in [1.165, 1.54) is 7.11 Å². The SMILES string of the molecule is C=CCC(CO)(CC=C)c1ccc(C(=O)OC)cc1. The van der Waals surface area contributed by atoms with Gasteiger partial charge in [-0.2, -0.15) is 0 Å². The number of aliphatic hydroxyl groups is 1. The van der Waals surface area contributed by atoms with Crippen molar-refractivity contribution < 1.29 is 14.6 Å². The first kappa shape index (κ1) is 15.2. The molecule has 0 unspecified atom stereocenters. The average molecular weight is 260 g/mol. The normalized spacial score (nSPS) is 10.8. The summed E-state index contributed by atoms with van der Waals surface area (Å²) in [5.41, 5.74) is 1.04. The van der Waals surface area contributed by atoms with Crippen molar-refractivity contribution in [2.45, 2.75) is 18.3 Å². The van der Waals surface area contributed by atoms with Crippen molar-refractivity contribution >= 4 is 5.97 Å². The van der Waals surface area contributed by atoms with Crippen LogP contribution in [0.15, 0.2) is 49.6 Å². The third-order valence-corrected chi connectivity index (χ3v) is 3.29. The van der Waals surface area contributed by atoms with Gasteiger partial charge in [-0.15, -0.1) is 13.2 Å². The molecular weight excluding hydrogens is 240 g/mol. The van der Waals surface area contributed by atoms with Crippen molar-refractivity contribution in [2.75, 3.05) is 13.7 Å². The minimum Gasteiger partial charge on any atom is -0.465 e. The van der Waals surface area contributed by atoms with Crippen molar-refractivity contribution in [1.29, 1.82) is 0 Å². The first-order valence-corrected chi connectivity index (χ1v) is 6.15. The number of carbonyl (C=O) groups excluding carboxylic acids is 1. The van der Waals surface area contributed by atoms with Gasteiger partial charge in [0.2, 0.25) is 0 Å². The number of aliphatic hydroxyl groups excluding tert-OH is 1. The van der Waals surface area contributed by atoms with Crippen LogP contribution in [0.5, 0.6) is 0 Å². The van der Waals surface area contributed by atoms with Crippen LogP contribution in [0, 0.1) is 0 Å². The number of esters is 1. The predicted molar refractivity (Wildman–Crippen MR) is 76.2 cm³/mol. The molecule has 0 amide bonds. The van der Waals surface area contributed by atoms with Crippen LogP contribution in [0.4, 0.5) is 0 Å². The van der Waals surface area contributed by atoms with Crippen LogP contribution in [0.3, 0.4) is 0 Å². The quantitative estimate of drug-likeness (QED) is 0.605. The summed E-state index contributed by atoms with van der Waals surface area (Å²) in [7, 11) is 1.35. The Labute approximate surface area is 114 Å². The topological polar surface area (TPSA) is 46.5 Å². The third-order valence-electron chi connectivity index (χ3n) is 3.29. The van der Waals surface area contributed by atoms with Crippen LogP contribution in [-0.2, 0) is 10.2 Å². The van der Waals surface area contributed by atoms with Gasteiger partial charge < -0.3 is 9.84 Å². The summed E-state index contributed by atoms with van der Waals surface area (Å²) in [6.07, 6.45) is 4.86. The standard InChI is InChI=1S/C16H20O3/c1-4-10-16(12-17,11-5-2)14-8-6-13(7-9-14)15(18)19-3/h4-9,17H,1-2,10-12H2,3H3. The van der Waals surface area contributed by atoms with Crippen LogP contribution in [0.1, 0.15) is 28.8 Å². The van der Waals surface area contributed by atoms with E-state index in [1.54, 1.807) is 24.3 Å². The predicted octanol–water partition coefficient (Wildman–Crippen LogP) is 2.86. The lowest BCUT2D eigenvalue weighted by Gasteiger charge is -2.30. The van der Waals surface area contributed by atoms with Gasteiger partial charge >= 0.3 is 5.97 Å². The largest absolute Gasteiger partial charge is 0.465 e. The number of methoxy groups -OCH3 is 1. The summed E-state index contributed by atoms with van der Waals surface area (Å²) in [6, 6.07) is 7.10. The van der Waals surface area contributed by atoms with Gasteiger partial charge in [-0.3, -0.25) is 0 Å². The molecule has 0 heterocycles. The average Bonchev–Trinajstić information content (AvgIpc) is 2.46. The first-order chi connectivity index (χ1) is 9.13. The maximum absolute atomic E-state index is 11.4. The maximum Gasteiger partial charge on any atom is 0.337 e. The van der Waals surface area contributed by atoms with Crippen LogP contribution in [-0.4, -0.2) is 24.8 Å². The van der Waals surface area contributed by atoms with Crippen molar-refractivity contribution in [3.8, 4) is 0 Å². The summed E-state index contributed by atoms with van der Waals surface area (Å²) < 4.78 is 4.66. The number of rotatable bonds is 7. The number of allylic oxidation sites excluding steroid dienone is 2. The minimum atomic E-state index is -0.419. The number of carbonyl (C=O) groups is 1. The number of hydrogen-bond acceptors (Lipinski definition) is 3. The molecule has 19 heavy (non-hydrogen) atoms. The fraction of sp³-hybridized carbons (Fsp3) is 0.312. The van der Waals surface area contributed by atoms with Crippen molar-refractivity contribution in [2.24, 2.45) is 0 Å². The monoisotopic (exact) mass is 260 g/mol. The Hall–Kier alpha value is -1.87. The molecule has 0 bridgehead atoms. The molecule has 1 aromatic carbocycles. The Morgan fingerprint density at radius 1 is 1.26 bits per heavy atom. The molecule has 0 spiro atoms. The summed E-state index contributed by atoms with van der Waals surface area (Å²) in [5.74, 6) is -0.367. The number of benzene rings is 1. The molecule has 1 N–H and O–H groups in total. The summed E-state index contributed by atoms with van der Waals surface area (Å²) in [4.78, 5) is 11.4. The van der Waals surface area contributed by atoms with Gasteiger partial charge in [0.25, 0.3) is 0 Å². The Bertz CT molecular complexity index is 436. The fourth-order valence-corrected chi connectivity index (χ4v) is 2.17. The molecule has 0 aliphatic carbocycles. The van der Waals surface area contributed by atoms with E-state index in [0.29, 0.717) is 18.4 Å². The van der Waals surface area contributed by atoms with Crippen LogP contribution in [0.2, 0.25) is 0 Å². The molecule has 0 aromatic heterocycles. The third kappa shape index (κ3) is 3.32. The van der Waals surface area contributed by atoms with Gasteiger partial charge in [0, 0.05) is 5.41 Å². The van der Waals surface area contributed by atoms with E-state index in [1.807, 2.05) is 12.1 Å². The summed E-state index contributed by atoms with van der Waals surface area (Å²) in [6.45, 7) is 7.48. The van der Waals surface area contributed by atoms with Gasteiger partial charge in [-0.25, -0.2) is 4.79 Å². The zero-order valence-corrected chi connectivity index (χ0v) is 11.3. The zero-order chi connectivity index (χ0) is 14.3. The van der Waals surface area contributed by atoms with Gasteiger partial charge in [0.05, 0.1) is 19.3 Å².